The fourth-order valence-corrected chi connectivity index (χ4v) is 4.35. The molecule has 0 amide bonds. The lowest BCUT2D eigenvalue weighted by Gasteiger charge is -2.41. The zero-order valence-corrected chi connectivity index (χ0v) is 16.5. The number of nitrogens with one attached hydrogen (secondary N) is 1. The molecule has 0 radical (unpaired) electrons. The maximum Gasteiger partial charge on any atom is 0.0481 e. The van der Waals surface area contributed by atoms with E-state index in [4.69, 9.17) is 4.74 Å². The van der Waals surface area contributed by atoms with Crippen LogP contribution in [0.5, 0.6) is 0 Å². The molecule has 0 unspecified atom stereocenters. The van der Waals surface area contributed by atoms with E-state index in [1.54, 1.807) is 0 Å². The first-order valence-corrected chi connectivity index (χ1v) is 8.91. The number of aryl methyl sites for hydroxylation is 1. The molecule has 25 heavy (non-hydrogen) atoms. The highest BCUT2D eigenvalue weighted by molar-refractivity contribution is 5.86. The summed E-state index contributed by atoms with van der Waals surface area (Å²) in [5.74, 6) is 0.702. The Bertz CT molecular complexity index is 646. The first kappa shape index (κ1) is 20.5. The van der Waals surface area contributed by atoms with Crippen molar-refractivity contribution in [3.8, 4) is 0 Å². The summed E-state index contributed by atoms with van der Waals surface area (Å²) in [5, 5.41) is 4.92. The van der Waals surface area contributed by atoms with Crippen LogP contribution in [0.4, 0.5) is 0 Å². The first-order chi connectivity index (χ1) is 11.3. The van der Waals surface area contributed by atoms with Gasteiger partial charge in [0, 0.05) is 69.6 Å². The highest BCUT2D eigenvalue weighted by atomic mass is 35.5. The summed E-state index contributed by atoms with van der Waals surface area (Å²) >= 11 is 0. The molecule has 1 atom stereocenters. The van der Waals surface area contributed by atoms with Crippen molar-refractivity contribution in [2.24, 2.45) is 13.0 Å². The van der Waals surface area contributed by atoms with Crippen LogP contribution in [0.3, 0.4) is 0 Å². The van der Waals surface area contributed by atoms with Gasteiger partial charge in [0.15, 0.2) is 0 Å². The van der Waals surface area contributed by atoms with Crippen molar-refractivity contribution in [1.29, 1.82) is 0 Å². The smallest absolute Gasteiger partial charge is 0.0481 e. The Labute approximate surface area is 162 Å². The number of aromatic nitrogens is 1. The molecule has 0 saturated carbocycles. The van der Waals surface area contributed by atoms with E-state index in [1.165, 1.54) is 29.3 Å². The molecule has 2 aliphatic rings. The molecule has 0 aliphatic carbocycles. The Morgan fingerprint density at radius 3 is 2.48 bits per heavy atom. The number of benzene rings is 1. The van der Waals surface area contributed by atoms with Gasteiger partial charge in [0.1, 0.15) is 0 Å². The van der Waals surface area contributed by atoms with Gasteiger partial charge in [-0.15, -0.1) is 24.8 Å². The lowest BCUT2D eigenvalue weighted by molar-refractivity contribution is 0.0217. The summed E-state index contributed by atoms with van der Waals surface area (Å²) in [6.45, 7) is 6.32. The zero-order chi connectivity index (χ0) is 15.6. The van der Waals surface area contributed by atoms with E-state index in [0.717, 1.165) is 39.4 Å². The van der Waals surface area contributed by atoms with Crippen LogP contribution < -0.4 is 5.32 Å². The van der Waals surface area contributed by atoms with Gasteiger partial charge in [-0.05, 0) is 30.4 Å². The minimum absolute atomic E-state index is 0. The third-order valence-electron chi connectivity index (χ3n) is 5.50. The SMILES string of the molecule is Cl.Cl.Cn1cc([C@@H](C2CCOCC2)N2CCNCC2)c2ccccc21. The molecule has 4 nitrogen and oxygen atoms in total. The highest BCUT2D eigenvalue weighted by Crippen LogP contribution is 2.39. The average Bonchev–Trinajstić information content (AvgIpc) is 2.94. The lowest BCUT2D eigenvalue weighted by Crippen LogP contribution is -2.47. The predicted octanol–water partition coefficient (Wildman–Crippen LogP) is 3.39. The summed E-state index contributed by atoms with van der Waals surface area (Å²) in [6, 6.07) is 9.36. The molecule has 140 valence electrons. The van der Waals surface area contributed by atoms with Gasteiger partial charge < -0.3 is 14.6 Å². The molecule has 2 aromatic rings. The monoisotopic (exact) mass is 385 g/mol. The Kier molecular flexibility index (Phi) is 7.59. The van der Waals surface area contributed by atoms with Crippen LogP contribution >= 0.6 is 24.8 Å². The fraction of sp³-hybridized carbons (Fsp3) is 0.579. The van der Waals surface area contributed by atoms with Gasteiger partial charge in [-0.25, -0.2) is 0 Å². The summed E-state index contributed by atoms with van der Waals surface area (Å²) in [5.41, 5.74) is 2.85. The number of para-hydroxylation sites is 1. The largest absolute Gasteiger partial charge is 0.381 e. The number of piperazine rings is 1. The van der Waals surface area contributed by atoms with E-state index in [9.17, 15) is 0 Å². The molecule has 4 rings (SSSR count). The van der Waals surface area contributed by atoms with Gasteiger partial charge >= 0.3 is 0 Å². The lowest BCUT2D eigenvalue weighted by atomic mass is 9.85. The number of hydrogen-bond acceptors (Lipinski definition) is 3. The van der Waals surface area contributed by atoms with Gasteiger partial charge in [0.2, 0.25) is 0 Å². The van der Waals surface area contributed by atoms with Gasteiger partial charge in [-0.2, -0.15) is 0 Å². The summed E-state index contributed by atoms with van der Waals surface area (Å²) in [7, 11) is 2.17. The number of halogens is 2. The molecule has 0 spiro atoms. The molecule has 0 bridgehead atoms. The minimum atomic E-state index is 0. The van der Waals surface area contributed by atoms with Gasteiger partial charge in [-0.1, -0.05) is 18.2 Å². The van der Waals surface area contributed by atoms with Crippen molar-refractivity contribution in [3.63, 3.8) is 0 Å². The van der Waals surface area contributed by atoms with E-state index >= 15 is 0 Å². The Balaban J connectivity index is 0.00000113. The van der Waals surface area contributed by atoms with E-state index in [-0.39, 0.29) is 24.8 Å². The van der Waals surface area contributed by atoms with Crippen LogP contribution in [0.15, 0.2) is 30.5 Å². The molecule has 2 aliphatic heterocycles. The van der Waals surface area contributed by atoms with Crippen molar-refractivity contribution in [2.45, 2.75) is 18.9 Å². The van der Waals surface area contributed by atoms with Crippen molar-refractivity contribution in [3.05, 3.63) is 36.0 Å². The third-order valence-corrected chi connectivity index (χ3v) is 5.50. The van der Waals surface area contributed by atoms with Crippen molar-refractivity contribution < 1.29 is 4.74 Å². The molecule has 6 heteroatoms. The summed E-state index contributed by atoms with van der Waals surface area (Å²) in [4.78, 5) is 2.70. The molecular formula is C19H29Cl2N3O. The van der Waals surface area contributed by atoms with Crippen LogP contribution in [0.25, 0.3) is 10.9 Å². The molecule has 3 heterocycles. The highest BCUT2D eigenvalue weighted by Gasteiger charge is 2.33. The van der Waals surface area contributed by atoms with E-state index in [1.807, 2.05) is 0 Å². The number of hydrogen-bond donors (Lipinski definition) is 1. The Hall–Kier alpha value is -0.780. The minimum Gasteiger partial charge on any atom is -0.381 e. The second kappa shape index (κ2) is 9.24. The molecular weight excluding hydrogens is 357 g/mol. The zero-order valence-electron chi connectivity index (χ0n) is 14.8. The maximum absolute atomic E-state index is 5.63. The van der Waals surface area contributed by atoms with Crippen LogP contribution in [-0.2, 0) is 11.8 Å². The number of ether oxygens (including phenoxy) is 1. The van der Waals surface area contributed by atoms with Crippen LogP contribution in [-0.4, -0.2) is 48.9 Å². The van der Waals surface area contributed by atoms with Gasteiger partial charge in [-0.3, -0.25) is 4.90 Å². The summed E-state index contributed by atoms with van der Waals surface area (Å²) in [6.07, 6.45) is 4.72. The fourth-order valence-electron chi connectivity index (χ4n) is 4.35. The maximum atomic E-state index is 5.63. The quantitative estimate of drug-likeness (QED) is 0.877. The van der Waals surface area contributed by atoms with Gasteiger partial charge in [0.25, 0.3) is 0 Å². The normalized spacial score (nSPS) is 20.7. The second-order valence-electron chi connectivity index (χ2n) is 6.89. The van der Waals surface area contributed by atoms with Crippen LogP contribution in [0, 0.1) is 5.92 Å². The number of nitrogens with zero attached hydrogens (tertiary/aromatic N) is 2. The van der Waals surface area contributed by atoms with E-state index < -0.39 is 0 Å². The van der Waals surface area contributed by atoms with Gasteiger partial charge in [0.05, 0.1) is 0 Å². The van der Waals surface area contributed by atoms with Crippen molar-refractivity contribution in [2.75, 3.05) is 39.4 Å². The Morgan fingerprint density at radius 2 is 1.76 bits per heavy atom. The Morgan fingerprint density at radius 1 is 1.08 bits per heavy atom. The van der Waals surface area contributed by atoms with Crippen LogP contribution in [0.2, 0.25) is 0 Å². The third kappa shape index (κ3) is 4.15. The second-order valence-corrected chi connectivity index (χ2v) is 6.89. The summed E-state index contributed by atoms with van der Waals surface area (Å²) < 4.78 is 7.92. The number of rotatable bonds is 3. The molecule has 1 aromatic carbocycles. The van der Waals surface area contributed by atoms with Crippen molar-refractivity contribution >= 4 is 35.7 Å². The van der Waals surface area contributed by atoms with E-state index in [2.05, 4.69) is 52.3 Å². The van der Waals surface area contributed by atoms with Crippen molar-refractivity contribution in [1.82, 2.24) is 14.8 Å². The standard InChI is InChI=1S/C19H27N3O.2ClH/c1-21-14-17(16-4-2-3-5-18(16)21)19(15-6-12-23-13-7-15)22-10-8-20-9-11-22;;/h2-5,14-15,19-20H,6-13H2,1H3;2*1H/t19-;;/m1../s1. The topological polar surface area (TPSA) is 29.4 Å². The molecule has 2 saturated heterocycles. The molecule has 1 aromatic heterocycles. The predicted molar refractivity (Wildman–Crippen MR) is 108 cm³/mol. The molecule has 1 N–H and O–H groups in total. The average molecular weight is 386 g/mol. The number of fused-ring (bicyclic) bond motifs is 1. The first-order valence-electron chi connectivity index (χ1n) is 8.91. The van der Waals surface area contributed by atoms with Crippen LogP contribution in [0.1, 0.15) is 24.4 Å². The van der Waals surface area contributed by atoms with E-state index in [0.29, 0.717) is 12.0 Å². The molecule has 2 fully saturated rings.